The molecular formula is C17H16N2O3. The molecule has 0 aliphatic heterocycles. The van der Waals surface area contributed by atoms with Crippen molar-refractivity contribution in [1.82, 2.24) is 10.3 Å². The van der Waals surface area contributed by atoms with Crippen molar-refractivity contribution in [1.29, 1.82) is 0 Å². The Morgan fingerprint density at radius 1 is 1.23 bits per heavy atom. The van der Waals surface area contributed by atoms with Crippen molar-refractivity contribution in [2.45, 2.75) is 25.8 Å². The van der Waals surface area contributed by atoms with Crippen LogP contribution in [0.3, 0.4) is 0 Å². The number of pyridine rings is 1. The number of hydrogen-bond acceptors (Lipinski definition) is 3. The van der Waals surface area contributed by atoms with Crippen molar-refractivity contribution < 1.29 is 14.7 Å². The lowest BCUT2D eigenvalue weighted by Crippen LogP contribution is -2.27. The second-order valence-corrected chi connectivity index (χ2v) is 5.47. The molecule has 0 spiro atoms. The van der Waals surface area contributed by atoms with E-state index >= 15 is 0 Å². The monoisotopic (exact) mass is 296 g/mol. The summed E-state index contributed by atoms with van der Waals surface area (Å²) in [4.78, 5) is 27.4. The first-order valence-corrected chi connectivity index (χ1v) is 7.14. The fourth-order valence-electron chi connectivity index (χ4n) is 2.83. The third kappa shape index (κ3) is 2.70. The highest BCUT2D eigenvalue weighted by Gasteiger charge is 2.25. The van der Waals surface area contributed by atoms with Gasteiger partial charge in [-0.2, -0.15) is 0 Å². The number of carboxylic acid groups (broad SMARTS) is 1. The van der Waals surface area contributed by atoms with Gasteiger partial charge in [-0.1, -0.05) is 6.07 Å². The average molecular weight is 296 g/mol. The zero-order valence-corrected chi connectivity index (χ0v) is 12.2. The molecule has 1 atom stereocenters. The van der Waals surface area contributed by atoms with Crippen molar-refractivity contribution in [3.8, 4) is 0 Å². The van der Waals surface area contributed by atoms with Gasteiger partial charge in [-0.15, -0.1) is 0 Å². The maximum atomic E-state index is 12.3. The molecule has 0 bridgehead atoms. The Kier molecular flexibility index (Phi) is 3.63. The smallest absolute Gasteiger partial charge is 0.335 e. The van der Waals surface area contributed by atoms with Crippen LogP contribution in [0.4, 0.5) is 0 Å². The number of aromatic carboxylic acids is 1. The first-order chi connectivity index (χ1) is 10.5. The molecule has 2 N–H and O–H groups in total. The van der Waals surface area contributed by atoms with E-state index in [0.717, 1.165) is 29.7 Å². The molecule has 1 aromatic carbocycles. The standard InChI is InChI=1S/C17H16N2O3/c1-10-8-12(6-7-18-10)16(20)19-15-5-3-11-9-13(17(21)22)2-4-14(11)15/h2,4,6-9,15H,3,5H2,1H3,(H,19,20)(H,21,22). The van der Waals surface area contributed by atoms with Gasteiger partial charge in [-0.3, -0.25) is 9.78 Å². The summed E-state index contributed by atoms with van der Waals surface area (Å²) < 4.78 is 0. The van der Waals surface area contributed by atoms with Gasteiger partial charge in [0.25, 0.3) is 5.91 Å². The Morgan fingerprint density at radius 2 is 2.05 bits per heavy atom. The molecule has 0 fully saturated rings. The first kappa shape index (κ1) is 14.3. The van der Waals surface area contributed by atoms with Gasteiger partial charge in [0, 0.05) is 17.5 Å². The molecule has 1 aromatic heterocycles. The number of carbonyl (C=O) groups is 2. The lowest BCUT2D eigenvalue weighted by Gasteiger charge is -2.14. The zero-order valence-electron chi connectivity index (χ0n) is 12.2. The molecule has 5 heteroatoms. The van der Waals surface area contributed by atoms with Gasteiger partial charge in [-0.25, -0.2) is 4.79 Å². The first-order valence-electron chi connectivity index (χ1n) is 7.14. The maximum absolute atomic E-state index is 12.3. The summed E-state index contributed by atoms with van der Waals surface area (Å²) in [6.07, 6.45) is 3.18. The molecule has 1 amide bonds. The minimum atomic E-state index is -0.928. The quantitative estimate of drug-likeness (QED) is 0.912. The van der Waals surface area contributed by atoms with Crippen LogP contribution < -0.4 is 5.32 Å². The molecular weight excluding hydrogens is 280 g/mol. The van der Waals surface area contributed by atoms with Crippen molar-refractivity contribution in [2.24, 2.45) is 0 Å². The average Bonchev–Trinajstić information content (AvgIpc) is 2.89. The number of benzene rings is 1. The molecule has 3 rings (SSSR count). The van der Waals surface area contributed by atoms with Crippen molar-refractivity contribution in [3.05, 3.63) is 64.5 Å². The lowest BCUT2D eigenvalue weighted by molar-refractivity contribution is 0.0696. The van der Waals surface area contributed by atoms with Crippen LogP contribution in [0.25, 0.3) is 0 Å². The van der Waals surface area contributed by atoms with Crippen LogP contribution in [0.2, 0.25) is 0 Å². The number of hydrogen-bond donors (Lipinski definition) is 2. The normalized spacial score (nSPS) is 16.1. The molecule has 0 radical (unpaired) electrons. The van der Waals surface area contributed by atoms with Crippen LogP contribution >= 0.6 is 0 Å². The van der Waals surface area contributed by atoms with Gasteiger partial charge in [0.2, 0.25) is 0 Å². The molecule has 1 aliphatic rings. The summed E-state index contributed by atoms with van der Waals surface area (Å²) in [5, 5.41) is 12.0. The predicted octanol–water partition coefficient (Wildman–Crippen LogP) is 2.51. The van der Waals surface area contributed by atoms with Crippen LogP contribution in [0.15, 0.2) is 36.5 Å². The molecule has 5 nitrogen and oxygen atoms in total. The second-order valence-electron chi connectivity index (χ2n) is 5.47. The molecule has 112 valence electrons. The number of aryl methyl sites for hydroxylation is 2. The fourth-order valence-corrected chi connectivity index (χ4v) is 2.83. The van der Waals surface area contributed by atoms with E-state index in [4.69, 9.17) is 5.11 Å². The highest BCUT2D eigenvalue weighted by atomic mass is 16.4. The van der Waals surface area contributed by atoms with Gasteiger partial charge < -0.3 is 10.4 Å². The van der Waals surface area contributed by atoms with E-state index in [9.17, 15) is 9.59 Å². The molecule has 22 heavy (non-hydrogen) atoms. The number of carbonyl (C=O) groups excluding carboxylic acids is 1. The third-order valence-corrected chi connectivity index (χ3v) is 3.93. The number of carboxylic acids is 1. The Bertz CT molecular complexity index is 755. The van der Waals surface area contributed by atoms with Crippen molar-refractivity contribution >= 4 is 11.9 Å². The van der Waals surface area contributed by atoms with Gasteiger partial charge in [0.1, 0.15) is 0 Å². The largest absolute Gasteiger partial charge is 0.478 e. The summed E-state index contributed by atoms with van der Waals surface area (Å²) in [5.74, 6) is -1.06. The van der Waals surface area contributed by atoms with E-state index in [0.29, 0.717) is 5.56 Å². The SMILES string of the molecule is Cc1cc(C(=O)NC2CCc3cc(C(=O)O)ccc32)ccn1. The van der Waals surface area contributed by atoms with Crippen LogP contribution in [-0.4, -0.2) is 22.0 Å². The summed E-state index contributed by atoms with van der Waals surface area (Å²) in [6.45, 7) is 1.84. The third-order valence-electron chi connectivity index (χ3n) is 3.93. The number of rotatable bonds is 3. The minimum absolute atomic E-state index is 0.0705. The van der Waals surface area contributed by atoms with Gasteiger partial charge in [0.05, 0.1) is 11.6 Å². The predicted molar refractivity (Wildman–Crippen MR) is 80.9 cm³/mol. The van der Waals surface area contributed by atoms with E-state index in [1.54, 1.807) is 36.5 Å². The second kappa shape index (κ2) is 5.60. The van der Waals surface area contributed by atoms with Crippen LogP contribution in [0.5, 0.6) is 0 Å². The summed E-state index contributed by atoms with van der Waals surface area (Å²) in [5.41, 5.74) is 3.67. The zero-order chi connectivity index (χ0) is 15.7. The van der Waals surface area contributed by atoms with E-state index in [-0.39, 0.29) is 17.5 Å². The molecule has 0 saturated carbocycles. The Balaban J connectivity index is 1.79. The number of fused-ring (bicyclic) bond motifs is 1. The lowest BCUT2D eigenvalue weighted by atomic mass is 10.0. The molecule has 1 aliphatic carbocycles. The highest BCUT2D eigenvalue weighted by molar-refractivity contribution is 5.94. The number of nitrogens with zero attached hydrogens (tertiary/aromatic N) is 1. The minimum Gasteiger partial charge on any atom is -0.478 e. The number of aromatic nitrogens is 1. The molecule has 0 saturated heterocycles. The Morgan fingerprint density at radius 3 is 2.77 bits per heavy atom. The van der Waals surface area contributed by atoms with E-state index in [1.807, 2.05) is 6.92 Å². The van der Waals surface area contributed by atoms with E-state index in [2.05, 4.69) is 10.3 Å². The Hall–Kier alpha value is -2.69. The Labute approximate surface area is 128 Å². The van der Waals surface area contributed by atoms with E-state index in [1.165, 1.54) is 0 Å². The van der Waals surface area contributed by atoms with Gasteiger partial charge in [-0.05, 0) is 55.2 Å². The molecule has 1 heterocycles. The number of amides is 1. The number of nitrogens with one attached hydrogen (secondary N) is 1. The molecule has 1 unspecified atom stereocenters. The van der Waals surface area contributed by atoms with Gasteiger partial charge in [0.15, 0.2) is 0 Å². The fraction of sp³-hybridized carbons (Fsp3) is 0.235. The highest BCUT2D eigenvalue weighted by Crippen LogP contribution is 2.32. The maximum Gasteiger partial charge on any atom is 0.335 e. The van der Waals surface area contributed by atoms with Crippen molar-refractivity contribution in [3.63, 3.8) is 0 Å². The molecule has 2 aromatic rings. The summed E-state index contributed by atoms with van der Waals surface area (Å²) >= 11 is 0. The van der Waals surface area contributed by atoms with E-state index < -0.39 is 5.97 Å². The van der Waals surface area contributed by atoms with Gasteiger partial charge >= 0.3 is 5.97 Å². The summed E-state index contributed by atoms with van der Waals surface area (Å²) in [6, 6.07) is 8.44. The summed E-state index contributed by atoms with van der Waals surface area (Å²) in [7, 11) is 0. The van der Waals surface area contributed by atoms with Crippen LogP contribution in [0.1, 0.15) is 50.0 Å². The van der Waals surface area contributed by atoms with Crippen molar-refractivity contribution in [2.75, 3.05) is 0 Å². The van der Waals surface area contributed by atoms with Crippen LogP contribution in [0, 0.1) is 6.92 Å². The van der Waals surface area contributed by atoms with Crippen LogP contribution in [-0.2, 0) is 6.42 Å². The topological polar surface area (TPSA) is 79.3 Å².